The van der Waals surface area contributed by atoms with E-state index in [1.807, 2.05) is 26.2 Å². The van der Waals surface area contributed by atoms with Gasteiger partial charge in [-0.05, 0) is 11.6 Å². The van der Waals surface area contributed by atoms with Crippen molar-refractivity contribution in [2.75, 3.05) is 26.0 Å². The van der Waals surface area contributed by atoms with Gasteiger partial charge in [-0.1, -0.05) is 30.0 Å². The standard InChI is InChI=1S/C11H17N3S/c1-13-11(12)15-8-9-6-4-5-7-10(9)14(2)3/h4-7H,8H2,1-3H3,(H2,12,13). The fraction of sp³-hybridized carbons (Fsp3) is 0.364. The topological polar surface area (TPSA) is 41.6 Å². The van der Waals surface area contributed by atoms with Crippen LogP contribution in [0.15, 0.2) is 29.3 Å². The Morgan fingerprint density at radius 1 is 1.40 bits per heavy atom. The first-order chi connectivity index (χ1) is 7.15. The van der Waals surface area contributed by atoms with E-state index in [9.17, 15) is 0 Å². The van der Waals surface area contributed by atoms with E-state index in [1.165, 1.54) is 11.3 Å². The van der Waals surface area contributed by atoms with Crippen molar-refractivity contribution in [3.63, 3.8) is 0 Å². The van der Waals surface area contributed by atoms with Gasteiger partial charge in [-0.15, -0.1) is 0 Å². The van der Waals surface area contributed by atoms with Gasteiger partial charge in [-0.25, -0.2) is 0 Å². The Kier molecular flexibility index (Phi) is 4.49. The van der Waals surface area contributed by atoms with Gasteiger partial charge in [0.25, 0.3) is 0 Å². The van der Waals surface area contributed by atoms with Gasteiger partial charge in [0.1, 0.15) is 0 Å². The maximum absolute atomic E-state index is 5.65. The van der Waals surface area contributed by atoms with E-state index >= 15 is 0 Å². The third kappa shape index (κ3) is 3.47. The Morgan fingerprint density at radius 2 is 2.07 bits per heavy atom. The number of para-hydroxylation sites is 1. The van der Waals surface area contributed by atoms with Crippen LogP contribution >= 0.6 is 11.8 Å². The molecular formula is C11H17N3S. The summed E-state index contributed by atoms with van der Waals surface area (Å²) in [6.07, 6.45) is 0. The van der Waals surface area contributed by atoms with Gasteiger partial charge in [-0.2, -0.15) is 0 Å². The summed E-state index contributed by atoms with van der Waals surface area (Å²) in [5.41, 5.74) is 8.15. The molecule has 0 unspecified atom stereocenters. The zero-order chi connectivity index (χ0) is 11.3. The van der Waals surface area contributed by atoms with Crippen molar-refractivity contribution in [2.24, 2.45) is 10.7 Å². The van der Waals surface area contributed by atoms with Crippen LogP contribution in [-0.4, -0.2) is 26.3 Å². The molecule has 0 radical (unpaired) electrons. The van der Waals surface area contributed by atoms with E-state index in [0.717, 1.165) is 5.75 Å². The van der Waals surface area contributed by atoms with E-state index in [0.29, 0.717) is 5.17 Å². The normalized spacial score (nSPS) is 11.5. The van der Waals surface area contributed by atoms with E-state index in [4.69, 9.17) is 5.73 Å². The highest BCUT2D eigenvalue weighted by Crippen LogP contribution is 2.22. The molecule has 1 aromatic carbocycles. The summed E-state index contributed by atoms with van der Waals surface area (Å²) >= 11 is 1.56. The fourth-order valence-electron chi connectivity index (χ4n) is 1.29. The summed E-state index contributed by atoms with van der Waals surface area (Å²) < 4.78 is 0. The Balaban J connectivity index is 2.76. The third-order valence-electron chi connectivity index (χ3n) is 2.07. The van der Waals surface area contributed by atoms with Gasteiger partial charge in [0.05, 0.1) is 0 Å². The lowest BCUT2D eigenvalue weighted by molar-refractivity contribution is 1.11. The Bertz CT molecular complexity index is 347. The second-order valence-electron chi connectivity index (χ2n) is 3.37. The van der Waals surface area contributed by atoms with E-state index in [1.54, 1.807) is 18.8 Å². The summed E-state index contributed by atoms with van der Waals surface area (Å²) in [6, 6.07) is 8.31. The minimum absolute atomic E-state index is 0.628. The summed E-state index contributed by atoms with van der Waals surface area (Å²) in [5.74, 6) is 0.859. The zero-order valence-electron chi connectivity index (χ0n) is 9.40. The van der Waals surface area contributed by atoms with Gasteiger partial charge in [0, 0.05) is 32.6 Å². The van der Waals surface area contributed by atoms with Crippen LogP contribution < -0.4 is 10.6 Å². The molecule has 0 fully saturated rings. The minimum atomic E-state index is 0.628. The van der Waals surface area contributed by atoms with Gasteiger partial charge in [0.2, 0.25) is 0 Å². The maximum atomic E-state index is 5.65. The highest BCUT2D eigenvalue weighted by atomic mass is 32.2. The number of aliphatic imine (C=N–C) groups is 1. The van der Waals surface area contributed by atoms with Crippen LogP contribution in [0.5, 0.6) is 0 Å². The van der Waals surface area contributed by atoms with Crippen LogP contribution in [0, 0.1) is 0 Å². The van der Waals surface area contributed by atoms with E-state index in [2.05, 4.69) is 22.0 Å². The van der Waals surface area contributed by atoms with Crippen molar-refractivity contribution in [1.29, 1.82) is 0 Å². The fourth-order valence-corrected chi connectivity index (χ4v) is 1.96. The molecule has 1 aromatic rings. The quantitative estimate of drug-likeness (QED) is 0.629. The zero-order valence-corrected chi connectivity index (χ0v) is 10.2. The van der Waals surface area contributed by atoms with Crippen molar-refractivity contribution < 1.29 is 0 Å². The molecule has 4 heteroatoms. The molecule has 0 spiro atoms. The number of nitrogens with two attached hydrogens (primary N) is 1. The van der Waals surface area contributed by atoms with Gasteiger partial charge in [-0.3, -0.25) is 4.99 Å². The average Bonchev–Trinajstić information content (AvgIpc) is 2.26. The lowest BCUT2D eigenvalue weighted by Crippen LogP contribution is -2.12. The largest absolute Gasteiger partial charge is 0.379 e. The number of nitrogens with zero attached hydrogens (tertiary/aromatic N) is 2. The molecule has 0 atom stereocenters. The third-order valence-corrected chi connectivity index (χ3v) is 3.00. The number of rotatable bonds is 3. The number of benzene rings is 1. The number of thioether (sulfide) groups is 1. The molecule has 0 bridgehead atoms. The second kappa shape index (κ2) is 5.66. The molecule has 0 saturated carbocycles. The molecular weight excluding hydrogens is 206 g/mol. The molecule has 15 heavy (non-hydrogen) atoms. The summed E-state index contributed by atoms with van der Waals surface area (Å²) in [4.78, 5) is 6.03. The molecule has 0 aliphatic heterocycles. The van der Waals surface area contributed by atoms with Crippen LogP contribution in [0.2, 0.25) is 0 Å². The molecule has 0 aliphatic rings. The number of anilines is 1. The molecule has 0 aromatic heterocycles. The predicted molar refractivity (Wildman–Crippen MR) is 69.6 cm³/mol. The smallest absolute Gasteiger partial charge is 0.153 e. The Morgan fingerprint density at radius 3 is 2.67 bits per heavy atom. The Labute approximate surface area is 95.4 Å². The van der Waals surface area contributed by atoms with Gasteiger partial charge in [0.15, 0.2) is 5.17 Å². The lowest BCUT2D eigenvalue weighted by atomic mass is 10.2. The number of hydrogen-bond donors (Lipinski definition) is 1. The Hall–Kier alpha value is -1.16. The van der Waals surface area contributed by atoms with E-state index in [-0.39, 0.29) is 0 Å². The lowest BCUT2D eigenvalue weighted by Gasteiger charge is -2.16. The SMILES string of the molecule is CN=C(N)SCc1ccccc1N(C)C. The molecule has 2 N–H and O–H groups in total. The minimum Gasteiger partial charge on any atom is -0.379 e. The maximum Gasteiger partial charge on any atom is 0.153 e. The van der Waals surface area contributed by atoms with Gasteiger partial charge >= 0.3 is 0 Å². The number of hydrogen-bond acceptors (Lipinski definition) is 3. The van der Waals surface area contributed by atoms with Crippen molar-refractivity contribution in [3.8, 4) is 0 Å². The molecule has 0 aliphatic carbocycles. The molecule has 3 nitrogen and oxygen atoms in total. The molecule has 0 amide bonds. The van der Waals surface area contributed by atoms with Crippen LogP contribution in [0.3, 0.4) is 0 Å². The van der Waals surface area contributed by atoms with Crippen LogP contribution in [0.25, 0.3) is 0 Å². The first-order valence-electron chi connectivity index (χ1n) is 4.75. The van der Waals surface area contributed by atoms with Crippen molar-refractivity contribution in [2.45, 2.75) is 5.75 Å². The molecule has 0 heterocycles. The van der Waals surface area contributed by atoms with Crippen molar-refractivity contribution in [1.82, 2.24) is 0 Å². The summed E-state index contributed by atoms with van der Waals surface area (Å²) in [6.45, 7) is 0. The first kappa shape index (κ1) is 11.9. The van der Waals surface area contributed by atoms with Crippen molar-refractivity contribution >= 4 is 22.6 Å². The van der Waals surface area contributed by atoms with Crippen LogP contribution in [-0.2, 0) is 5.75 Å². The number of amidine groups is 1. The molecule has 1 rings (SSSR count). The second-order valence-corrected chi connectivity index (χ2v) is 4.37. The van der Waals surface area contributed by atoms with Crippen LogP contribution in [0.1, 0.15) is 5.56 Å². The highest BCUT2D eigenvalue weighted by molar-refractivity contribution is 8.13. The monoisotopic (exact) mass is 223 g/mol. The van der Waals surface area contributed by atoms with Crippen LogP contribution in [0.4, 0.5) is 5.69 Å². The highest BCUT2D eigenvalue weighted by Gasteiger charge is 2.04. The molecule has 0 saturated heterocycles. The van der Waals surface area contributed by atoms with E-state index < -0.39 is 0 Å². The summed E-state index contributed by atoms with van der Waals surface area (Å²) in [5, 5.41) is 0.628. The molecule has 82 valence electrons. The first-order valence-corrected chi connectivity index (χ1v) is 5.74. The predicted octanol–water partition coefficient (Wildman–Crippen LogP) is 1.93. The van der Waals surface area contributed by atoms with Gasteiger partial charge < -0.3 is 10.6 Å². The van der Waals surface area contributed by atoms with Crippen molar-refractivity contribution in [3.05, 3.63) is 29.8 Å². The average molecular weight is 223 g/mol. The summed E-state index contributed by atoms with van der Waals surface area (Å²) in [7, 11) is 5.79.